The first-order chi connectivity index (χ1) is 14.2. The zero-order chi connectivity index (χ0) is 20.1. The van der Waals surface area contributed by atoms with Crippen LogP contribution >= 0.6 is 11.3 Å². The van der Waals surface area contributed by atoms with Gasteiger partial charge in [0.1, 0.15) is 5.82 Å². The van der Waals surface area contributed by atoms with Crippen molar-refractivity contribution < 1.29 is 9.18 Å². The Morgan fingerprint density at radius 3 is 2.76 bits per heavy atom. The van der Waals surface area contributed by atoms with Crippen molar-refractivity contribution in [1.29, 1.82) is 0 Å². The number of piperidine rings is 1. The molecule has 3 nitrogen and oxygen atoms in total. The normalized spacial score (nSPS) is 17.2. The summed E-state index contributed by atoms with van der Waals surface area (Å²) in [6, 6.07) is 17.1. The zero-order valence-corrected chi connectivity index (χ0v) is 17.1. The largest absolute Gasteiger partial charge is 0.352 e. The van der Waals surface area contributed by atoms with Gasteiger partial charge in [-0.05, 0) is 76.7 Å². The van der Waals surface area contributed by atoms with Crippen LogP contribution in [-0.4, -0.2) is 23.9 Å². The van der Waals surface area contributed by atoms with E-state index in [9.17, 15) is 9.18 Å². The molecule has 0 radical (unpaired) electrons. The van der Waals surface area contributed by atoms with Gasteiger partial charge in [0.15, 0.2) is 0 Å². The molecule has 0 spiro atoms. The monoisotopic (exact) mass is 408 g/mol. The van der Waals surface area contributed by atoms with E-state index >= 15 is 0 Å². The van der Waals surface area contributed by atoms with Gasteiger partial charge in [-0.25, -0.2) is 4.39 Å². The minimum absolute atomic E-state index is 0.00394. The molecule has 1 amide bonds. The van der Waals surface area contributed by atoms with Crippen molar-refractivity contribution in [3.8, 4) is 11.1 Å². The van der Waals surface area contributed by atoms with Crippen LogP contribution in [0.1, 0.15) is 24.0 Å². The second-order valence-corrected chi connectivity index (χ2v) is 8.41. The lowest BCUT2D eigenvalue weighted by Gasteiger charge is -2.32. The summed E-state index contributed by atoms with van der Waals surface area (Å²) in [6.45, 7) is 3.10. The number of benzene rings is 2. The van der Waals surface area contributed by atoms with E-state index in [1.807, 2.05) is 0 Å². The number of nitrogens with zero attached hydrogens (tertiary/aromatic N) is 1. The van der Waals surface area contributed by atoms with Gasteiger partial charge in [0.05, 0.1) is 5.92 Å². The molecule has 4 rings (SSSR count). The quantitative estimate of drug-likeness (QED) is 0.617. The number of likely N-dealkylation sites (tertiary alicyclic amines) is 1. The highest BCUT2D eigenvalue weighted by Gasteiger charge is 2.25. The third kappa shape index (κ3) is 5.31. The van der Waals surface area contributed by atoms with Gasteiger partial charge in [-0.15, -0.1) is 0 Å². The number of thiophene rings is 1. The topological polar surface area (TPSA) is 32.3 Å². The van der Waals surface area contributed by atoms with E-state index in [0.29, 0.717) is 6.54 Å². The molecule has 1 aliphatic heterocycles. The van der Waals surface area contributed by atoms with Crippen molar-refractivity contribution in [3.05, 3.63) is 82.3 Å². The number of hydrogen-bond acceptors (Lipinski definition) is 3. The summed E-state index contributed by atoms with van der Waals surface area (Å²) in [7, 11) is 0. The summed E-state index contributed by atoms with van der Waals surface area (Å²) >= 11 is 1.71. The predicted octanol–water partition coefficient (Wildman–Crippen LogP) is 5.08. The first-order valence-electron chi connectivity index (χ1n) is 10.0. The summed E-state index contributed by atoms with van der Waals surface area (Å²) in [5.74, 6) is -0.165. The highest BCUT2D eigenvalue weighted by molar-refractivity contribution is 7.08. The number of hydrogen-bond donors (Lipinski definition) is 1. The van der Waals surface area contributed by atoms with Crippen molar-refractivity contribution in [2.45, 2.75) is 25.9 Å². The molecule has 5 heteroatoms. The fraction of sp³-hybridized carbons (Fsp3) is 0.292. The Kier molecular flexibility index (Phi) is 6.37. The van der Waals surface area contributed by atoms with Crippen LogP contribution in [0.15, 0.2) is 65.4 Å². The first-order valence-corrected chi connectivity index (χ1v) is 11.0. The van der Waals surface area contributed by atoms with E-state index in [4.69, 9.17) is 0 Å². The van der Waals surface area contributed by atoms with Crippen LogP contribution in [0, 0.1) is 11.7 Å². The third-order valence-corrected chi connectivity index (χ3v) is 6.13. The van der Waals surface area contributed by atoms with Crippen LogP contribution in [0.5, 0.6) is 0 Å². The fourth-order valence-electron chi connectivity index (χ4n) is 3.89. The summed E-state index contributed by atoms with van der Waals surface area (Å²) in [5, 5.41) is 7.28. The van der Waals surface area contributed by atoms with Crippen LogP contribution in [-0.2, 0) is 17.9 Å². The molecule has 0 aliphatic carbocycles. The molecule has 3 aromatic rings. The third-order valence-electron chi connectivity index (χ3n) is 5.44. The van der Waals surface area contributed by atoms with E-state index in [1.54, 1.807) is 23.5 Å². The SMILES string of the molecule is O=C(NCc1ccc(F)cc1)C1CCCN(Cc2cccc(-c3ccsc3)c2)C1. The summed E-state index contributed by atoms with van der Waals surface area (Å²) in [5.41, 5.74) is 4.70. The van der Waals surface area contributed by atoms with Crippen molar-refractivity contribution in [2.75, 3.05) is 13.1 Å². The zero-order valence-electron chi connectivity index (χ0n) is 16.3. The summed E-state index contributed by atoms with van der Waals surface area (Å²) in [6.07, 6.45) is 1.94. The molecule has 1 N–H and O–H groups in total. The number of rotatable bonds is 6. The summed E-state index contributed by atoms with van der Waals surface area (Å²) < 4.78 is 13.0. The minimum atomic E-state index is -0.258. The maximum atomic E-state index is 13.0. The molecule has 2 aromatic carbocycles. The van der Waals surface area contributed by atoms with Gasteiger partial charge in [-0.3, -0.25) is 9.69 Å². The van der Waals surface area contributed by atoms with Gasteiger partial charge >= 0.3 is 0 Å². The molecule has 0 saturated carbocycles. The maximum absolute atomic E-state index is 13.0. The molecule has 0 bridgehead atoms. The van der Waals surface area contributed by atoms with E-state index in [1.165, 1.54) is 28.8 Å². The van der Waals surface area contributed by atoms with Crippen molar-refractivity contribution >= 4 is 17.2 Å². The van der Waals surface area contributed by atoms with Gasteiger partial charge in [-0.2, -0.15) is 11.3 Å². The van der Waals surface area contributed by atoms with Gasteiger partial charge in [0, 0.05) is 19.6 Å². The number of halogens is 1. The molecule has 29 heavy (non-hydrogen) atoms. The first kappa shape index (κ1) is 19.8. The summed E-state index contributed by atoms with van der Waals surface area (Å²) in [4.78, 5) is 15.0. The highest BCUT2D eigenvalue weighted by atomic mass is 32.1. The minimum Gasteiger partial charge on any atom is -0.352 e. The lowest BCUT2D eigenvalue weighted by Crippen LogP contribution is -2.42. The second-order valence-electron chi connectivity index (χ2n) is 7.63. The molecule has 1 aliphatic rings. The number of nitrogens with one attached hydrogen (secondary N) is 1. The van der Waals surface area contributed by atoms with Crippen LogP contribution in [0.25, 0.3) is 11.1 Å². The number of carbonyl (C=O) groups excluding carboxylic acids is 1. The Bertz CT molecular complexity index is 940. The predicted molar refractivity (Wildman–Crippen MR) is 116 cm³/mol. The average Bonchev–Trinajstić information content (AvgIpc) is 3.29. The van der Waals surface area contributed by atoms with E-state index < -0.39 is 0 Å². The van der Waals surface area contributed by atoms with Crippen molar-refractivity contribution in [2.24, 2.45) is 5.92 Å². The van der Waals surface area contributed by atoms with Crippen LogP contribution in [0.4, 0.5) is 4.39 Å². The Morgan fingerprint density at radius 1 is 1.10 bits per heavy atom. The van der Waals surface area contributed by atoms with Crippen molar-refractivity contribution in [3.63, 3.8) is 0 Å². The van der Waals surface area contributed by atoms with Gasteiger partial charge in [0.2, 0.25) is 5.91 Å². The highest BCUT2D eigenvalue weighted by Crippen LogP contribution is 2.25. The Labute approximate surface area is 175 Å². The molecule has 1 unspecified atom stereocenters. The van der Waals surface area contributed by atoms with Crippen LogP contribution in [0.2, 0.25) is 0 Å². The van der Waals surface area contributed by atoms with Crippen LogP contribution in [0.3, 0.4) is 0 Å². The molecule has 150 valence electrons. The van der Waals surface area contributed by atoms with E-state index in [-0.39, 0.29) is 17.6 Å². The van der Waals surface area contributed by atoms with Crippen molar-refractivity contribution in [1.82, 2.24) is 10.2 Å². The van der Waals surface area contributed by atoms with Crippen LogP contribution < -0.4 is 5.32 Å². The number of carbonyl (C=O) groups is 1. The molecule has 1 atom stereocenters. The Hall–Kier alpha value is -2.50. The number of amides is 1. The van der Waals surface area contributed by atoms with Gasteiger partial charge < -0.3 is 5.32 Å². The Balaban J connectivity index is 1.33. The standard InChI is InChI=1S/C24H25FN2OS/c25-23-8-6-18(7-9-23)14-26-24(28)21-5-2-11-27(16-21)15-19-3-1-4-20(13-19)22-10-12-29-17-22/h1,3-4,6-10,12-13,17,21H,2,5,11,14-16H2,(H,26,28). The lowest BCUT2D eigenvalue weighted by atomic mass is 9.96. The molecule has 1 aromatic heterocycles. The molecule has 1 saturated heterocycles. The average molecular weight is 409 g/mol. The molecular weight excluding hydrogens is 383 g/mol. The smallest absolute Gasteiger partial charge is 0.224 e. The van der Waals surface area contributed by atoms with E-state index in [0.717, 1.165) is 38.0 Å². The fourth-order valence-corrected chi connectivity index (χ4v) is 4.55. The Morgan fingerprint density at radius 2 is 1.97 bits per heavy atom. The van der Waals surface area contributed by atoms with E-state index in [2.05, 4.69) is 51.3 Å². The van der Waals surface area contributed by atoms with Gasteiger partial charge in [-0.1, -0.05) is 30.3 Å². The lowest BCUT2D eigenvalue weighted by molar-refractivity contribution is -0.126. The molecular formula is C24H25FN2OS. The molecule has 2 heterocycles. The van der Waals surface area contributed by atoms with Gasteiger partial charge in [0.25, 0.3) is 0 Å². The second kappa shape index (κ2) is 9.33. The maximum Gasteiger partial charge on any atom is 0.224 e. The molecule has 1 fully saturated rings.